The van der Waals surface area contributed by atoms with E-state index in [1.165, 1.54) is 11.3 Å². The molecule has 0 amide bonds. The smallest absolute Gasteiger partial charge is 0.129 e. The third kappa shape index (κ3) is 2.13. The van der Waals surface area contributed by atoms with Crippen molar-refractivity contribution in [2.24, 2.45) is 0 Å². The van der Waals surface area contributed by atoms with Crippen LogP contribution >= 0.6 is 11.3 Å². The minimum absolute atomic E-state index is 0.294. The number of nitrogens with two attached hydrogens (primary N) is 1. The lowest BCUT2D eigenvalue weighted by molar-refractivity contribution is 0.0895. The maximum absolute atomic E-state index is 8.87. The predicted molar refractivity (Wildman–Crippen MR) is 65.7 cm³/mol. The summed E-state index contributed by atoms with van der Waals surface area (Å²) in [5.41, 5.74) is 6.34. The van der Waals surface area contributed by atoms with Gasteiger partial charge in [0.2, 0.25) is 0 Å². The molecule has 1 aliphatic rings. The Hall–Kier alpha value is -1.25. The van der Waals surface area contributed by atoms with Crippen LogP contribution in [0.15, 0.2) is 6.07 Å². The summed E-state index contributed by atoms with van der Waals surface area (Å²) in [6.45, 7) is 1.91. The second kappa shape index (κ2) is 4.73. The zero-order valence-electron chi connectivity index (χ0n) is 9.27. The lowest BCUT2D eigenvalue weighted by atomic mass is 10.1. The molecule has 2 N–H and O–H groups in total. The third-order valence-corrected chi connectivity index (χ3v) is 3.99. The Morgan fingerprint density at radius 2 is 2.50 bits per heavy atom. The molecule has 0 spiro atoms. The van der Waals surface area contributed by atoms with E-state index >= 15 is 0 Å². The van der Waals surface area contributed by atoms with Crippen LogP contribution in [0.4, 0.5) is 10.7 Å². The van der Waals surface area contributed by atoms with Crippen LogP contribution in [0.5, 0.6) is 0 Å². The van der Waals surface area contributed by atoms with Crippen molar-refractivity contribution in [1.82, 2.24) is 0 Å². The number of thiophene rings is 1. The van der Waals surface area contributed by atoms with Crippen LogP contribution < -0.4 is 10.6 Å². The fraction of sp³-hybridized carbons (Fsp3) is 0.545. The van der Waals surface area contributed by atoms with Gasteiger partial charge in [0.25, 0.3) is 0 Å². The normalized spacial score (nSPS) is 20.8. The standard InChI is InChI=1S/C11H15N3OS/c1-15-8-3-2-4-14(7-8)11-5-9(13)10(6-12)16-11/h5,8H,2-4,7,13H2,1H3. The summed E-state index contributed by atoms with van der Waals surface area (Å²) in [6, 6.07) is 4.01. The molecule has 1 saturated heterocycles. The highest BCUT2D eigenvalue weighted by atomic mass is 32.1. The van der Waals surface area contributed by atoms with E-state index in [9.17, 15) is 0 Å². The van der Waals surface area contributed by atoms with Crippen LogP contribution in [-0.2, 0) is 4.74 Å². The molecular formula is C11H15N3OS. The number of methoxy groups -OCH3 is 1. The lowest BCUT2D eigenvalue weighted by Gasteiger charge is -2.32. The molecule has 0 aromatic carbocycles. The van der Waals surface area contributed by atoms with Gasteiger partial charge in [-0.15, -0.1) is 11.3 Å². The highest BCUT2D eigenvalue weighted by Gasteiger charge is 2.21. The summed E-state index contributed by atoms with van der Waals surface area (Å²) in [6.07, 6.45) is 2.53. The molecule has 0 bridgehead atoms. The second-order valence-corrected chi connectivity index (χ2v) is 4.96. The number of hydrogen-bond donors (Lipinski definition) is 1. The zero-order valence-corrected chi connectivity index (χ0v) is 10.1. The molecule has 0 aliphatic carbocycles. The molecule has 2 rings (SSSR count). The van der Waals surface area contributed by atoms with E-state index in [1.54, 1.807) is 7.11 Å². The molecule has 4 nitrogen and oxygen atoms in total. The molecule has 1 atom stereocenters. The first-order chi connectivity index (χ1) is 7.74. The number of hydrogen-bond acceptors (Lipinski definition) is 5. The van der Waals surface area contributed by atoms with Crippen LogP contribution in [0, 0.1) is 11.3 Å². The number of anilines is 2. The molecule has 0 radical (unpaired) electrons. The molecule has 1 aliphatic heterocycles. The van der Waals surface area contributed by atoms with Crippen LogP contribution in [-0.4, -0.2) is 26.3 Å². The van der Waals surface area contributed by atoms with Gasteiger partial charge in [-0.2, -0.15) is 5.26 Å². The van der Waals surface area contributed by atoms with Gasteiger partial charge < -0.3 is 15.4 Å². The van der Waals surface area contributed by atoms with Crippen molar-refractivity contribution in [3.05, 3.63) is 10.9 Å². The molecule has 5 heteroatoms. The Balaban J connectivity index is 2.14. The van der Waals surface area contributed by atoms with Gasteiger partial charge in [0, 0.05) is 20.2 Å². The van der Waals surface area contributed by atoms with E-state index < -0.39 is 0 Å². The summed E-state index contributed by atoms with van der Waals surface area (Å²) < 4.78 is 5.37. The highest BCUT2D eigenvalue weighted by Crippen LogP contribution is 2.33. The Morgan fingerprint density at radius 1 is 1.69 bits per heavy atom. The van der Waals surface area contributed by atoms with E-state index in [0.29, 0.717) is 16.7 Å². The summed E-state index contributed by atoms with van der Waals surface area (Å²) in [7, 11) is 1.75. The first-order valence-corrected chi connectivity index (χ1v) is 6.13. The van der Waals surface area contributed by atoms with Crippen molar-refractivity contribution < 1.29 is 4.74 Å². The second-order valence-electron chi connectivity index (χ2n) is 3.93. The van der Waals surface area contributed by atoms with Crippen molar-refractivity contribution in [1.29, 1.82) is 5.26 Å². The van der Waals surface area contributed by atoms with E-state index in [4.69, 9.17) is 15.7 Å². The molecule has 1 unspecified atom stereocenters. The van der Waals surface area contributed by atoms with Crippen LogP contribution in [0.25, 0.3) is 0 Å². The maximum atomic E-state index is 8.87. The first-order valence-electron chi connectivity index (χ1n) is 5.31. The van der Waals surface area contributed by atoms with E-state index in [2.05, 4.69) is 11.0 Å². The van der Waals surface area contributed by atoms with Crippen LogP contribution in [0.2, 0.25) is 0 Å². The molecular weight excluding hydrogens is 222 g/mol. The van der Waals surface area contributed by atoms with Crippen molar-refractivity contribution in [3.63, 3.8) is 0 Å². The van der Waals surface area contributed by atoms with Gasteiger partial charge in [0.05, 0.1) is 16.8 Å². The van der Waals surface area contributed by atoms with E-state index in [1.807, 2.05) is 6.07 Å². The Kier molecular flexibility index (Phi) is 3.32. The summed E-state index contributed by atoms with van der Waals surface area (Å²) in [5, 5.41) is 9.94. The monoisotopic (exact) mass is 237 g/mol. The fourth-order valence-corrected chi connectivity index (χ4v) is 2.88. The number of nitrogen functional groups attached to an aromatic ring is 1. The summed E-state index contributed by atoms with van der Waals surface area (Å²) in [4.78, 5) is 2.86. The number of ether oxygens (including phenoxy) is 1. The SMILES string of the molecule is COC1CCCN(c2cc(N)c(C#N)s2)C1. The van der Waals surface area contributed by atoms with Gasteiger partial charge in [-0.25, -0.2) is 0 Å². The van der Waals surface area contributed by atoms with Gasteiger partial charge in [-0.05, 0) is 18.9 Å². The van der Waals surface area contributed by atoms with E-state index in [-0.39, 0.29) is 0 Å². The van der Waals surface area contributed by atoms with Gasteiger partial charge >= 0.3 is 0 Å². The average molecular weight is 237 g/mol. The van der Waals surface area contributed by atoms with Crippen molar-refractivity contribution in [3.8, 4) is 6.07 Å². The quantitative estimate of drug-likeness (QED) is 0.852. The summed E-state index contributed by atoms with van der Waals surface area (Å²) in [5.74, 6) is 0. The number of piperidine rings is 1. The molecule has 1 fully saturated rings. The molecule has 1 aromatic rings. The average Bonchev–Trinajstić information content (AvgIpc) is 2.71. The summed E-state index contributed by atoms with van der Waals surface area (Å²) >= 11 is 1.46. The molecule has 2 heterocycles. The van der Waals surface area contributed by atoms with Crippen molar-refractivity contribution in [2.75, 3.05) is 30.8 Å². The lowest BCUT2D eigenvalue weighted by Crippen LogP contribution is -2.38. The molecule has 16 heavy (non-hydrogen) atoms. The van der Waals surface area contributed by atoms with Gasteiger partial charge in [-0.3, -0.25) is 0 Å². The minimum Gasteiger partial charge on any atom is -0.397 e. The molecule has 86 valence electrons. The fourth-order valence-electron chi connectivity index (χ4n) is 1.97. The molecule has 1 aromatic heterocycles. The first kappa shape index (κ1) is 11.2. The van der Waals surface area contributed by atoms with E-state index in [0.717, 1.165) is 30.9 Å². The van der Waals surface area contributed by atoms with Gasteiger partial charge in [0.15, 0.2) is 0 Å². The number of nitrogens with zero attached hydrogens (tertiary/aromatic N) is 2. The van der Waals surface area contributed by atoms with Gasteiger partial charge in [-0.1, -0.05) is 0 Å². The van der Waals surface area contributed by atoms with Crippen molar-refractivity contribution in [2.45, 2.75) is 18.9 Å². The van der Waals surface area contributed by atoms with Crippen molar-refractivity contribution >= 4 is 22.0 Å². The van der Waals surface area contributed by atoms with Crippen LogP contribution in [0.1, 0.15) is 17.7 Å². The Morgan fingerprint density at radius 3 is 3.12 bits per heavy atom. The maximum Gasteiger partial charge on any atom is 0.129 e. The number of nitriles is 1. The topological polar surface area (TPSA) is 62.3 Å². The zero-order chi connectivity index (χ0) is 11.5. The van der Waals surface area contributed by atoms with Gasteiger partial charge in [0.1, 0.15) is 10.9 Å². The Bertz CT molecular complexity index is 410. The predicted octanol–water partition coefficient (Wildman–Crippen LogP) is 1.82. The minimum atomic E-state index is 0.294. The van der Waals surface area contributed by atoms with Crippen LogP contribution in [0.3, 0.4) is 0 Å². The number of rotatable bonds is 2. The molecule has 0 saturated carbocycles. The Labute approximate surface area is 99.2 Å². The third-order valence-electron chi connectivity index (χ3n) is 2.87. The highest BCUT2D eigenvalue weighted by molar-refractivity contribution is 7.17. The largest absolute Gasteiger partial charge is 0.397 e.